The molecule has 6 nitrogen and oxygen atoms in total. The highest BCUT2D eigenvalue weighted by atomic mass is 19.2. The van der Waals surface area contributed by atoms with Crippen molar-refractivity contribution in [3.05, 3.63) is 101 Å². The first kappa shape index (κ1) is 25.4. The highest BCUT2D eigenvalue weighted by Crippen LogP contribution is 2.33. The SMILES string of the molecule is N[C@@H](Cc1ccc(F)c(F)c1)C(=O)N1CCn2c(nc(-c3ccc(F)cc3)c2Nc2ccc(F)c(F)c2)C1. The van der Waals surface area contributed by atoms with Gasteiger partial charge in [-0.15, -0.1) is 0 Å². The molecule has 0 fully saturated rings. The lowest BCUT2D eigenvalue weighted by Crippen LogP contribution is -2.47. The predicted molar refractivity (Wildman–Crippen MR) is 131 cm³/mol. The molecule has 0 saturated carbocycles. The van der Waals surface area contributed by atoms with Gasteiger partial charge in [0.1, 0.15) is 23.2 Å². The summed E-state index contributed by atoms with van der Waals surface area (Å²) in [4.78, 5) is 19.3. The second-order valence-corrected chi connectivity index (χ2v) is 8.96. The van der Waals surface area contributed by atoms with Gasteiger partial charge in [0, 0.05) is 30.4 Å². The van der Waals surface area contributed by atoms with Crippen LogP contribution in [0.4, 0.5) is 33.5 Å². The Kier molecular flexibility index (Phi) is 6.85. The Morgan fingerprint density at radius 1 is 0.895 bits per heavy atom. The van der Waals surface area contributed by atoms with Crippen LogP contribution in [0.3, 0.4) is 0 Å². The van der Waals surface area contributed by atoms with Gasteiger partial charge >= 0.3 is 0 Å². The zero-order valence-corrected chi connectivity index (χ0v) is 19.9. The van der Waals surface area contributed by atoms with E-state index in [1.54, 1.807) is 12.1 Å². The fourth-order valence-electron chi connectivity index (χ4n) is 4.41. The molecule has 1 amide bonds. The number of carbonyl (C=O) groups is 1. The molecule has 0 spiro atoms. The number of benzene rings is 3. The number of imidazole rings is 1. The lowest BCUT2D eigenvalue weighted by atomic mass is 10.0. The van der Waals surface area contributed by atoms with Crippen molar-refractivity contribution in [2.24, 2.45) is 5.73 Å². The Morgan fingerprint density at radius 2 is 1.58 bits per heavy atom. The average molecular weight is 527 g/mol. The number of rotatable bonds is 6. The summed E-state index contributed by atoms with van der Waals surface area (Å²) < 4.78 is 69.5. The fraction of sp³-hybridized carbons (Fsp3) is 0.185. The smallest absolute Gasteiger partial charge is 0.240 e. The predicted octanol–water partition coefficient (Wildman–Crippen LogP) is 4.90. The summed E-state index contributed by atoms with van der Waals surface area (Å²) in [5, 5.41) is 3.08. The second kappa shape index (κ2) is 10.3. The van der Waals surface area contributed by atoms with Crippen LogP contribution in [-0.4, -0.2) is 32.9 Å². The van der Waals surface area contributed by atoms with Crippen molar-refractivity contribution < 1.29 is 26.7 Å². The summed E-state index contributed by atoms with van der Waals surface area (Å²) in [6.07, 6.45) is 0.0186. The van der Waals surface area contributed by atoms with Gasteiger partial charge in [-0.2, -0.15) is 0 Å². The number of aromatic nitrogens is 2. The monoisotopic (exact) mass is 527 g/mol. The minimum atomic E-state index is -1.02. The molecular formula is C27H22F5N5O. The van der Waals surface area contributed by atoms with E-state index in [2.05, 4.69) is 10.3 Å². The van der Waals surface area contributed by atoms with Gasteiger partial charge < -0.3 is 20.5 Å². The third-order valence-corrected chi connectivity index (χ3v) is 6.34. The number of fused-ring (bicyclic) bond motifs is 1. The number of hydrogen-bond acceptors (Lipinski definition) is 4. The Bertz CT molecular complexity index is 1500. The van der Waals surface area contributed by atoms with Crippen LogP contribution in [0.15, 0.2) is 60.7 Å². The van der Waals surface area contributed by atoms with Gasteiger partial charge in [-0.05, 0) is 60.5 Å². The van der Waals surface area contributed by atoms with Crippen LogP contribution < -0.4 is 11.1 Å². The van der Waals surface area contributed by atoms with Crippen LogP contribution in [0.2, 0.25) is 0 Å². The summed E-state index contributed by atoms with van der Waals surface area (Å²) in [7, 11) is 0. The molecule has 196 valence electrons. The molecule has 4 aromatic rings. The van der Waals surface area contributed by atoms with Crippen LogP contribution in [0.1, 0.15) is 11.4 Å². The molecule has 0 radical (unpaired) electrons. The number of anilines is 2. The van der Waals surface area contributed by atoms with Gasteiger partial charge in [0.25, 0.3) is 0 Å². The van der Waals surface area contributed by atoms with Gasteiger partial charge in [0.05, 0.1) is 12.6 Å². The fourth-order valence-corrected chi connectivity index (χ4v) is 4.41. The molecule has 5 rings (SSSR count). The molecule has 2 heterocycles. The Labute approximate surface area is 214 Å². The van der Waals surface area contributed by atoms with Crippen molar-refractivity contribution in [3.8, 4) is 11.3 Å². The van der Waals surface area contributed by atoms with Crippen LogP contribution in [0, 0.1) is 29.1 Å². The minimum absolute atomic E-state index is 0.0186. The lowest BCUT2D eigenvalue weighted by molar-refractivity contribution is -0.134. The van der Waals surface area contributed by atoms with Crippen LogP contribution in [0.25, 0.3) is 11.3 Å². The van der Waals surface area contributed by atoms with Crippen molar-refractivity contribution in [3.63, 3.8) is 0 Å². The first-order valence-electron chi connectivity index (χ1n) is 11.8. The quantitative estimate of drug-likeness (QED) is 0.350. The van der Waals surface area contributed by atoms with Crippen LogP contribution in [0.5, 0.6) is 0 Å². The van der Waals surface area contributed by atoms with Gasteiger partial charge in [-0.1, -0.05) is 6.07 Å². The van der Waals surface area contributed by atoms with E-state index in [9.17, 15) is 26.7 Å². The first-order chi connectivity index (χ1) is 18.2. The van der Waals surface area contributed by atoms with Crippen molar-refractivity contribution in [1.29, 1.82) is 0 Å². The van der Waals surface area contributed by atoms with Crippen LogP contribution >= 0.6 is 0 Å². The molecule has 0 bridgehead atoms. The maximum atomic E-state index is 13.9. The summed E-state index contributed by atoms with van der Waals surface area (Å²) >= 11 is 0. The lowest BCUT2D eigenvalue weighted by Gasteiger charge is -2.30. The molecule has 3 N–H and O–H groups in total. The van der Waals surface area contributed by atoms with Crippen molar-refractivity contribution >= 4 is 17.4 Å². The molecule has 0 aliphatic carbocycles. The van der Waals surface area contributed by atoms with E-state index in [1.165, 1.54) is 29.2 Å². The van der Waals surface area contributed by atoms with E-state index >= 15 is 0 Å². The summed E-state index contributed by atoms with van der Waals surface area (Å²) in [5.41, 5.74) is 7.79. The molecular weight excluding hydrogens is 505 g/mol. The summed E-state index contributed by atoms with van der Waals surface area (Å²) in [5.74, 6) is -3.87. The summed E-state index contributed by atoms with van der Waals surface area (Å²) in [6, 6.07) is 11.4. The van der Waals surface area contributed by atoms with E-state index in [0.717, 1.165) is 24.3 Å². The Balaban J connectivity index is 1.42. The highest BCUT2D eigenvalue weighted by molar-refractivity contribution is 5.82. The van der Waals surface area contributed by atoms with Gasteiger partial charge in [0.15, 0.2) is 23.3 Å². The zero-order chi connectivity index (χ0) is 27.0. The number of carbonyl (C=O) groups excluding carboxylic acids is 1. The number of halogens is 5. The molecule has 0 saturated heterocycles. The maximum absolute atomic E-state index is 13.9. The Hall–Kier alpha value is -4.25. The van der Waals surface area contributed by atoms with E-state index in [-0.39, 0.29) is 31.1 Å². The van der Waals surface area contributed by atoms with Gasteiger partial charge in [-0.25, -0.2) is 26.9 Å². The second-order valence-electron chi connectivity index (χ2n) is 8.96. The van der Waals surface area contributed by atoms with E-state index < -0.39 is 35.1 Å². The van der Waals surface area contributed by atoms with Crippen molar-refractivity contribution in [1.82, 2.24) is 14.5 Å². The standard InChI is InChI=1S/C27H22F5N5O/c28-17-4-2-16(3-5-17)25-26(34-18-6-8-20(30)22(32)13-18)37-10-9-36(14-24(37)35-25)27(38)23(33)12-15-1-7-19(29)21(31)11-15/h1-8,11,13,23,34H,9-10,12,14,33H2/t23-/m0/s1. The molecule has 1 aliphatic heterocycles. The molecule has 1 aromatic heterocycles. The number of amides is 1. The third-order valence-electron chi connectivity index (χ3n) is 6.34. The number of nitrogens with zero attached hydrogens (tertiary/aromatic N) is 3. The molecule has 1 atom stereocenters. The number of nitrogens with two attached hydrogens (primary N) is 1. The molecule has 0 unspecified atom stereocenters. The maximum Gasteiger partial charge on any atom is 0.240 e. The largest absolute Gasteiger partial charge is 0.340 e. The highest BCUT2D eigenvalue weighted by Gasteiger charge is 2.29. The molecule has 1 aliphatic rings. The van der Waals surface area contributed by atoms with Gasteiger partial charge in [-0.3, -0.25) is 4.79 Å². The number of nitrogens with one attached hydrogen (secondary N) is 1. The minimum Gasteiger partial charge on any atom is -0.340 e. The summed E-state index contributed by atoms with van der Waals surface area (Å²) in [6.45, 7) is 0.667. The van der Waals surface area contributed by atoms with Crippen LogP contribution in [-0.2, 0) is 24.3 Å². The van der Waals surface area contributed by atoms with E-state index in [0.29, 0.717) is 35.0 Å². The Morgan fingerprint density at radius 3 is 2.26 bits per heavy atom. The topological polar surface area (TPSA) is 76.2 Å². The van der Waals surface area contributed by atoms with Crippen molar-refractivity contribution in [2.75, 3.05) is 11.9 Å². The molecule has 38 heavy (non-hydrogen) atoms. The molecule has 11 heteroatoms. The van der Waals surface area contributed by atoms with E-state index in [1.807, 2.05) is 4.57 Å². The normalized spacial score (nSPS) is 13.8. The molecule has 3 aromatic carbocycles. The van der Waals surface area contributed by atoms with Crippen molar-refractivity contribution in [2.45, 2.75) is 25.6 Å². The zero-order valence-electron chi connectivity index (χ0n) is 19.9. The third kappa shape index (κ3) is 5.10. The van der Waals surface area contributed by atoms with Gasteiger partial charge in [0.2, 0.25) is 5.91 Å². The average Bonchev–Trinajstić information content (AvgIpc) is 3.25. The number of hydrogen-bond donors (Lipinski definition) is 2. The first-order valence-corrected chi connectivity index (χ1v) is 11.8. The van der Waals surface area contributed by atoms with E-state index in [4.69, 9.17) is 5.73 Å².